The summed E-state index contributed by atoms with van der Waals surface area (Å²) < 4.78 is 0. The third kappa shape index (κ3) is 2.03. The maximum Gasteiger partial charge on any atom is 2.00 e. The fourth-order valence-electron chi connectivity index (χ4n) is 0.884. The van der Waals surface area contributed by atoms with Crippen LogP contribution in [0.3, 0.4) is 0 Å². The molecule has 0 aliphatic heterocycles. The van der Waals surface area contributed by atoms with Crippen LogP contribution in [0.1, 0.15) is 32.1 Å². The van der Waals surface area contributed by atoms with Gasteiger partial charge in [0.05, 0.1) is 0 Å². The van der Waals surface area contributed by atoms with Crippen LogP contribution in [0.4, 0.5) is 0 Å². The minimum atomic E-state index is 0. The number of hydrogen-bond acceptors (Lipinski definition) is 0. The van der Waals surface area contributed by atoms with Crippen LogP contribution in [0, 0.1) is 0 Å². The van der Waals surface area contributed by atoms with Crippen molar-refractivity contribution in [2.45, 2.75) is 32.1 Å². The third-order valence-electron chi connectivity index (χ3n) is 1.25. The van der Waals surface area contributed by atoms with Gasteiger partial charge in [-0.3, -0.25) is 0 Å². The Labute approximate surface area is 55.5 Å². The number of hydrogen-bond donors (Lipinski definition) is 0. The minimum absolute atomic E-state index is 0. The predicted molar refractivity (Wildman–Crippen MR) is 28.8 cm³/mol. The predicted octanol–water partition coefficient (Wildman–Crippen LogP) is 1.57. The molecule has 0 aromatic rings. The van der Waals surface area contributed by atoms with Crippen LogP contribution in [0.2, 0.25) is 0 Å². The van der Waals surface area contributed by atoms with Crippen molar-refractivity contribution in [3.63, 3.8) is 0 Å². The van der Waals surface area contributed by atoms with E-state index in [1.807, 2.05) is 0 Å². The van der Waals surface area contributed by atoms with Crippen LogP contribution in [-0.4, -0.2) is 23.1 Å². The van der Waals surface area contributed by atoms with E-state index in [2.05, 4.69) is 0 Å². The van der Waals surface area contributed by atoms with Gasteiger partial charge in [0.15, 0.2) is 0 Å². The molecule has 0 saturated heterocycles. The summed E-state index contributed by atoms with van der Waals surface area (Å²) in [5, 5.41) is 0. The molecule has 0 bridgehead atoms. The molecule has 1 fully saturated rings. The quantitative estimate of drug-likeness (QED) is 0.400. The van der Waals surface area contributed by atoms with Crippen LogP contribution >= 0.6 is 0 Å². The van der Waals surface area contributed by atoms with Gasteiger partial charge in [-0.2, -0.15) is 0 Å². The Hall–Kier alpha value is 0.766. The second-order valence-corrected chi connectivity index (χ2v) is 1.77. The summed E-state index contributed by atoms with van der Waals surface area (Å²) in [6, 6.07) is 0. The van der Waals surface area contributed by atoms with Gasteiger partial charge in [-0.15, -0.1) is 0 Å². The fraction of sp³-hybridized carbons (Fsp3) is 1.00. The molecule has 0 N–H and O–H groups in total. The van der Waals surface area contributed by atoms with E-state index in [1.165, 1.54) is 32.1 Å². The summed E-state index contributed by atoms with van der Waals surface area (Å²) in [5.74, 6) is 0. The van der Waals surface area contributed by atoms with Gasteiger partial charge in [-0.05, 0) is 0 Å². The van der Waals surface area contributed by atoms with E-state index in [0.29, 0.717) is 0 Å². The van der Waals surface area contributed by atoms with Gasteiger partial charge < -0.3 is 0 Å². The topological polar surface area (TPSA) is 0 Å². The maximum absolute atomic E-state index is 1.50. The van der Waals surface area contributed by atoms with Crippen molar-refractivity contribution in [2.75, 3.05) is 0 Å². The first-order chi connectivity index (χ1) is 2.50. The SMILES string of the molecule is C1CCCC1.[Mg+2]. The minimum Gasteiger partial charge on any atom is -0.0533 e. The van der Waals surface area contributed by atoms with E-state index < -0.39 is 0 Å². The summed E-state index contributed by atoms with van der Waals surface area (Å²) >= 11 is 0. The molecule has 0 radical (unpaired) electrons. The molecule has 0 spiro atoms. The molecule has 0 heterocycles. The summed E-state index contributed by atoms with van der Waals surface area (Å²) in [7, 11) is 0. The van der Waals surface area contributed by atoms with Gasteiger partial charge >= 0.3 is 23.1 Å². The Bertz CT molecular complexity index is 15.5. The first-order valence-corrected chi connectivity index (χ1v) is 2.50. The van der Waals surface area contributed by atoms with Crippen LogP contribution < -0.4 is 0 Å². The monoisotopic (exact) mass is 94.1 g/mol. The van der Waals surface area contributed by atoms with E-state index in [4.69, 9.17) is 0 Å². The molecule has 6 heavy (non-hydrogen) atoms. The molecule has 0 aromatic heterocycles. The smallest absolute Gasteiger partial charge is 0.0533 e. The van der Waals surface area contributed by atoms with Crippen molar-refractivity contribution in [3.8, 4) is 0 Å². The standard InChI is InChI=1S/C5H10.Mg/c1-2-4-5-3-1;/h1-5H2;/q;+2. The molecule has 0 nitrogen and oxygen atoms in total. The fourth-order valence-corrected chi connectivity index (χ4v) is 0.884. The molecular formula is C5H10Mg+2. The van der Waals surface area contributed by atoms with Gasteiger partial charge in [0, 0.05) is 0 Å². The van der Waals surface area contributed by atoms with Crippen molar-refractivity contribution < 1.29 is 0 Å². The van der Waals surface area contributed by atoms with E-state index in [1.54, 1.807) is 0 Å². The second-order valence-electron chi connectivity index (χ2n) is 1.77. The van der Waals surface area contributed by atoms with E-state index in [0.717, 1.165) is 0 Å². The van der Waals surface area contributed by atoms with Gasteiger partial charge in [-0.25, -0.2) is 0 Å². The van der Waals surface area contributed by atoms with Gasteiger partial charge in [0.2, 0.25) is 0 Å². The van der Waals surface area contributed by atoms with Crippen molar-refractivity contribution in [2.24, 2.45) is 0 Å². The van der Waals surface area contributed by atoms with Crippen LogP contribution in [0.15, 0.2) is 0 Å². The summed E-state index contributed by atoms with van der Waals surface area (Å²) in [6.45, 7) is 0. The molecule has 0 unspecified atom stereocenters. The zero-order valence-corrected chi connectivity index (χ0v) is 5.66. The molecule has 0 amide bonds. The Balaban J connectivity index is 0.000000250. The zero-order chi connectivity index (χ0) is 3.54. The Kier molecular flexibility index (Phi) is 4.44. The van der Waals surface area contributed by atoms with Crippen molar-refractivity contribution in [3.05, 3.63) is 0 Å². The van der Waals surface area contributed by atoms with Crippen LogP contribution in [-0.2, 0) is 0 Å². The Morgan fingerprint density at radius 2 is 0.667 bits per heavy atom. The average molecular weight is 94.4 g/mol. The zero-order valence-electron chi connectivity index (χ0n) is 4.24. The summed E-state index contributed by atoms with van der Waals surface area (Å²) in [5.41, 5.74) is 0. The molecule has 1 heteroatoms. The van der Waals surface area contributed by atoms with Gasteiger partial charge in [-0.1, -0.05) is 32.1 Å². The van der Waals surface area contributed by atoms with Crippen molar-refractivity contribution >= 4 is 23.1 Å². The molecular weight excluding hydrogens is 84.4 g/mol. The first-order valence-electron chi connectivity index (χ1n) is 2.50. The Morgan fingerprint density at radius 1 is 0.500 bits per heavy atom. The normalized spacial score (nSPS) is 20.0. The molecule has 1 saturated carbocycles. The van der Waals surface area contributed by atoms with Crippen molar-refractivity contribution in [1.82, 2.24) is 0 Å². The van der Waals surface area contributed by atoms with Crippen LogP contribution in [0.25, 0.3) is 0 Å². The third-order valence-corrected chi connectivity index (χ3v) is 1.25. The molecule has 1 aliphatic carbocycles. The van der Waals surface area contributed by atoms with E-state index in [9.17, 15) is 0 Å². The van der Waals surface area contributed by atoms with E-state index in [-0.39, 0.29) is 23.1 Å². The maximum atomic E-state index is 1.50. The molecule has 1 aliphatic rings. The number of rotatable bonds is 0. The van der Waals surface area contributed by atoms with Gasteiger partial charge in [0.1, 0.15) is 0 Å². The first kappa shape index (κ1) is 6.77. The molecule has 0 atom stereocenters. The van der Waals surface area contributed by atoms with Crippen molar-refractivity contribution in [1.29, 1.82) is 0 Å². The summed E-state index contributed by atoms with van der Waals surface area (Å²) in [6.07, 6.45) is 7.50. The van der Waals surface area contributed by atoms with E-state index >= 15 is 0 Å². The summed E-state index contributed by atoms with van der Waals surface area (Å²) in [4.78, 5) is 0. The molecule has 30 valence electrons. The average Bonchev–Trinajstić information content (AvgIpc) is 1.76. The Morgan fingerprint density at radius 3 is 0.833 bits per heavy atom. The molecule has 0 aromatic carbocycles. The second kappa shape index (κ2) is 3.94. The largest absolute Gasteiger partial charge is 2.00 e. The molecule has 1 rings (SSSR count). The van der Waals surface area contributed by atoms with Crippen LogP contribution in [0.5, 0.6) is 0 Å². The van der Waals surface area contributed by atoms with Gasteiger partial charge in [0.25, 0.3) is 0 Å².